The van der Waals surface area contributed by atoms with Crippen LogP contribution < -0.4 is 0 Å². The Bertz CT molecular complexity index is 1600. The summed E-state index contributed by atoms with van der Waals surface area (Å²) in [4.78, 5) is 18.4. The molecule has 10 heteroatoms. The zero-order chi connectivity index (χ0) is 25.4. The predicted octanol–water partition coefficient (Wildman–Crippen LogP) is 8.31. The molecule has 5 rings (SSSR count). The molecule has 0 saturated carbocycles. The van der Waals surface area contributed by atoms with Gasteiger partial charge >= 0.3 is 0 Å². The van der Waals surface area contributed by atoms with Gasteiger partial charge in [-0.15, -0.1) is 0 Å². The molecule has 0 fully saturated rings. The van der Waals surface area contributed by atoms with Gasteiger partial charge in [-0.25, -0.2) is 9.97 Å². The molecule has 36 heavy (non-hydrogen) atoms. The van der Waals surface area contributed by atoms with E-state index in [0.29, 0.717) is 43.6 Å². The van der Waals surface area contributed by atoms with Crippen molar-refractivity contribution >= 4 is 92.3 Å². The molecule has 6 nitrogen and oxygen atoms in total. The number of aliphatic imine (C=N–C) groups is 2. The van der Waals surface area contributed by atoms with Crippen molar-refractivity contribution in [1.29, 1.82) is 0 Å². The maximum atomic E-state index is 10.3. The molecule has 0 amide bonds. The van der Waals surface area contributed by atoms with Gasteiger partial charge in [-0.2, -0.15) is 0 Å². The Balaban J connectivity index is 1.67. The standard InChI is InChI=1S/C26H14Cl4N4O2/c27-15-5-13(25(35)17(29)7-15)11-31-21-9-23-24(34-20-4-2-1-3-19(20)33-23)10-22(21)32-12-14-6-16(28)8-18(30)26(14)36/h1-12,35-36H. The lowest BCUT2D eigenvalue weighted by Crippen LogP contribution is -1.89. The van der Waals surface area contributed by atoms with Gasteiger partial charge in [-0.05, 0) is 48.5 Å². The minimum atomic E-state index is -0.153. The van der Waals surface area contributed by atoms with E-state index in [-0.39, 0.29) is 21.5 Å². The van der Waals surface area contributed by atoms with Gasteiger partial charge in [0.1, 0.15) is 11.5 Å². The van der Waals surface area contributed by atoms with Gasteiger partial charge in [-0.3, -0.25) is 9.98 Å². The normalized spacial score (nSPS) is 11.9. The highest BCUT2D eigenvalue weighted by atomic mass is 35.5. The number of halogens is 4. The topological polar surface area (TPSA) is 91.0 Å². The van der Waals surface area contributed by atoms with Crippen LogP contribution in [0.4, 0.5) is 11.4 Å². The van der Waals surface area contributed by atoms with Gasteiger partial charge in [0.15, 0.2) is 0 Å². The molecule has 0 aliphatic carbocycles. The Morgan fingerprint density at radius 1 is 0.583 bits per heavy atom. The van der Waals surface area contributed by atoms with Crippen molar-refractivity contribution in [3.05, 3.63) is 91.9 Å². The largest absolute Gasteiger partial charge is 0.506 e. The van der Waals surface area contributed by atoms with Gasteiger partial charge in [-0.1, -0.05) is 58.5 Å². The van der Waals surface area contributed by atoms with Crippen molar-refractivity contribution < 1.29 is 10.2 Å². The molecule has 0 aliphatic heterocycles. The lowest BCUT2D eigenvalue weighted by atomic mass is 10.2. The fraction of sp³-hybridized carbons (Fsp3) is 0. The SMILES string of the molecule is Oc1c(Cl)cc(Cl)cc1C=Nc1cc2nc3ccccc3nc2cc1N=Cc1cc(Cl)cc(Cl)c1O. The summed E-state index contributed by atoms with van der Waals surface area (Å²) < 4.78 is 0. The number of rotatable bonds is 4. The number of aromatic nitrogens is 2. The second kappa shape index (κ2) is 9.91. The Morgan fingerprint density at radius 3 is 1.42 bits per heavy atom. The fourth-order valence-electron chi connectivity index (χ4n) is 3.50. The second-order valence-corrected chi connectivity index (χ2v) is 9.40. The Labute approximate surface area is 225 Å². The molecular formula is C26H14Cl4N4O2. The highest BCUT2D eigenvalue weighted by Gasteiger charge is 2.11. The van der Waals surface area contributed by atoms with Crippen LogP contribution in [0, 0.1) is 0 Å². The molecule has 0 saturated heterocycles. The van der Waals surface area contributed by atoms with Crippen LogP contribution in [0.1, 0.15) is 11.1 Å². The van der Waals surface area contributed by atoms with E-state index in [4.69, 9.17) is 46.4 Å². The number of hydrogen-bond donors (Lipinski definition) is 2. The van der Waals surface area contributed by atoms with Crippen molar-refractivity contribution in [2.45, 2.75) is 0 Å². The van der Waals surface area contributed by atoms with E-state index in [1.165, 1.54) is 36.7 Å². The van der Waals surface area contributed by atoms with Crippen LogP contribution in [0.5, 0.6) is 11.5 Å². The molecule has 0 aliphatic rings. The number of phenolic OH excluding ortho intramolecular Hbond substituents is 2. The fourth-order valence-corrected chi connectivity index (χ4v) is 4.52. The first kappa shape index (κ1) is 24.3. The van der Waals surface area contributed by atoms with Crippen molar-refractivity contribution in [2.24, 2.45) is 9.98 Å². The molecule has 2 N–H and O–H groups in total. The maximum Gasteiger partial charge on any atom is 0.143 e. The van der Waals surface area contributed by atoms with Gasteiger partial charge < -0.3 is 10.2 Å². The average Bonchev–Trinajstić information content (AvgIpc) is 2.85. The number of benzene rings is 4. The van der Waals surface area contributed by atoms with Gasteiger partial charge in [0.25, 0.3) is 0 Å². The quantitative estimate of drug-likeness (QED) is 0.172. The van der Waals surface area contributed by atoms with Crippen LogP contribution in [0.3, 0.4) is 0 Å². The van der Waals surface area contributed by atoms with Crippen molar-refractivity contribution in [1.82, 2.24) is 9.97 Å². The molecule has 0 bridgehead atoms. The molecule has 0 unspecified atom stereocenters. The highest BCUT2D eigenvalue weighted by molar-refractivity contribution is 6.36. The Morgan fingerprint density at radius 2 is 1.00 bits per heavy atom. The van der Waals surface area contributed by atoms with Crippen LogP contribution in [-0.4, -0.2) is 32.6 Å². The van der Waals surface area contributed by atoms with E-state index in [1.54, 1.807) is 12.1 Å². The smallest absolute Gasteiger partial charge is 0.143 e. The van der Waals surface area contributed by atoms with Crippen molar-refractivity contribution in [2.75, 3.05) is 0 Å². The van der Waals surface area contributed by atoms with E-state index in [1.807, 2.05) is 24.3 Å². The van der Waals surface area contributed by atoms with E-state index < -0.39 is 0 Å². The van der Waals surface area contributed by atoms with E-state index in [2.05, 4.69) is 20.0 Å². The third-order valence-electron chi connectivity index (χ3n) is 5.24. The molecule has 5 aromatic rings. The molecule has 0 atom stereocenters. The lowest BCUT2D eigenvalue weighted by molar-refractivity contribution is 0.474. The molecule has 178 valence electrons. The molecule has 0 radical (unpaired) electrons. The van der Waals surface area contributed by atoms with Crippen molar-refractivity contribution in [3.63, 3.8) is 0 Å². The number of nitrogens with zero attached hydrogens (tertiary/aromatic N) is 4. The summed E-state index contributed by atoms with van der Waals surface area (Å²) in [6, 6.07) is 16.9. The summed E-state index contributed by atoms with van der Waals surface area (Å²) in [7, 11) is 0. The number of hydrogen-bond acceptors (Lipinski definition) is 6. The first-order chi connectivity index (χ1) is 17.3. The number of aromatic hydroxyl groups is 2. The minimum absolute atomic E-state index is 0.103. The van der Waals surface area contributed by atoms with Crippen molar-refractivity contribution in [3.8, 4) is 11.5 Å². The van der Waals surface area contributed by atoms with Gasteiger partial charge in [0.05, 0.1) is 43.5 Å². The summed E-state index contributed by atoms with van der Waals surface area (Å²) in [5, 5.41) is 21.5. The first-order valence-corrected chi connectivity index (χ1v) is 11.9. The summed E-state index contributed by atoms with van der Waals surface area (Å²) >= 11 is 24.2. The Kier molecular flexibility index (Phi) is 6.69. The average molecular weight is 556 g/mol. The van der Waals surface area contributed by atoms with Crippen LogP contribution in [0.25, 0.3) is 22.1 Å². The van der Waals surface area contributed by atoms with Gasteiger partial charge in [0.2, 0.25) is 0 Å². The second-order valence-electron chi connectivity index (χ2n) is 7.71. The van der Waals surface area contributed by atoms with Crippen LogP contribution in [0.15, 0.2) is 70.6 Å². The zero-order valence-electron chi connectivity index (χ0n) is 18.1. The molecule has 1 aromatic heterocycles. The van der Waals surface area contributed by atoms with Crippen LogP contribution in [-0.2, 0) is 0 Å². The first-order valence-electron chi connectivity index (χ1n) is 10.4. The van der Waals surface area contributed by atoms with Crippen LogP contribution >= 0.6 is 46.4 Å². The molecular weight excluding hydrogens is 542 g/mol. The predicted molar refractivity (Wildman–Crippen MR) is 148 cm³/mol. The summed E-state index contributed by atoms with van der Waals surface area (Å²) in [6.07, 6.45) is 2.85. The lowest BCUT2D eigenvalue weighted by Gasteiger charge is -2.07. The Hall–Kier alpha value is -3.42. The number of para-hydroxylation sites is 2. The minimum Gasteiger partial charge on any atom is -0.506 e. The number of phenols is 2. The van der Waals surface area contributed by atoms with E-state index >= 15 is 0 Å². The maximum absolute atomic E-state index is 10.3. The molecule has 1 heterocycles. The van der Waals surface area contributed by atoms with Gasteiger partial charge in [0, 0.05) is 33.6 Å². The summed E-state index contributed by atoms with van der Waals surface area (Å²) in [6.45, 7) is 0. The van der Waals surface area contributed by atoms with E-state index in [0.717, 1.165) is 11.0 Å². The third kappa shape index (κ3) is 4.94. The summed E-state index contributed by atoms with van der Waals surface area (Å²) in [5.74, 6) is -0.306. The number of fused-ring (bicyclic) bond motifs is 2. The zero-order valence-corrected chi connectivity index (χ0v) is 21.1. The monoisotopic (exact) mass is 554 g/mol. The highest BCUT2D eigenvalue weighted by Crippen LogP contribution is 2.36. The van der Waals surface area contributed by atoms with E-state index in [9.17, 15) is 10.2 Å². The molecule has 0 spiro atoms. The van der Waals surface area contributed by atoms with Crippen LogP contribution in [0.2, 0.25) is 20.1 Å². The molecule has 4 aromatic carbocycles. The summed E-state index contributed by atoms with van der Waals surface area (Å²) in [5.41, 5.74) is 4.15. The third-order valence-corrected chi connectivity index (χ3v) is 6.25.